The highest BCUT2D eigenvalue weighted by molar-refractivity contribution is 5.74. The molecule has 3 aliphatic heterocycles. The van der Waals surface area contributed by atoms with Gasteiger partial charge in [0.1, 0.15) is 78.7 Å². The summed E-state index contributed by atoms with van der Waals surface area (Å²) in [5.74, 6) is -1.31. The van der Waals surface area contributed by atoms with Gasteiger partial charge in [0.05, 0.1) is 33.0 Å². The van der Waals surface area contributed by atoms with E-state index < -0.39 is 135 Å². The van der Waals surface area contributed by atoms with Crippen molar-refractivity contribution in [1.82, 2.24) is 16.0 Å². The number of amides is 3. The molecule has 12 N–H and O–H groups in total. The quantitative estimate of drug-likeness (QED) is 0.0285. The molecule has 0 bridgehead atoms. The number of carbonyl (C=O) groups excluding carboxylic acids is 3. The number of rotatable bonds is 33. The summed E-state index contributed by atoms with van der Waals surface area (Å²) in [6, 6.07) is -3.04. The normalized spacial score (nSPS) is 32.9. The summed E-state index contributed by atoms with van der Waals surface area (Å²) in [6.45, 7) is 6.51. The molecular formula is C44H81N3O21. The molecule has 15 atom stereocenters. The number of nitrogens with one attached hydrogen (secondary N) is 3. The van der Waals surface area contributed by atoms with Gasteiger partial charge in [-0.3, -0.25) is 14.4 Å². The molecule has 24 heteroatoms. The maximum atomic E-state index is 11.7. The number of hydrogen-bond donors (Lipinski definition) is 12. The molecule has 0 spiro atoms. The summed E-state index contributed by atoms with van der Waals surface area (Å²) in [5, 5.41) is 98.4. The molecule has 0 aliphatic carbocycles. The lowest BCUT2D eigenvalue weighted by Gasteiger charge is -2.42. The van der Waals surface area contributed by atoms with E-state index in [4.69, 9.17) is 42.6 Å². The van der Waals surface area contributed by atoms with E-state index in [2.05, 4.69) is 16.0 Å². The van der Waals surface area contributed by atoms with Crippen LogP contribution in [0.25, 0.3) is 0 Å². The fourth-order valence-electron chi connectivity index (χ4n) is 7.98. The van der Waals surface area contributed by atoms with Crippen molar-refractivity contribution in [2.75, 3.05) is 72.7 Å². The van der Waals surface area contributed by atoms with Gasteiger partial charge >= 0.3 is 0 Å². The summed E-state index contributed by atoms with van der Waals surface area (Å²) >= 11 is 0. The zero-order chi connectivity index (χ0) is 50.2. The molecule has 3 rings (SSSR count). The molecule has 0 aromatic rings. The fraction of sp³-hybridized carbons (Fsp3) is 0.932. The Balaban J connectivity index is 1.42. The molecular weight excluding hydrogens is 906 g/mol. The molecule has 3 amide bonds. The zero-order valence-corrected chi connectivity index (χ0v) is 39.9. The standard InChI is InChI=1S/C44H81N3O21/c1-26(51)45-32-38(57)35(54)29(21-48)66-41(32)62-17-11-5-6-14-20-65-44(4,24-60-15-9-7-12-18-63-42-33(46-27(2)52)39(58)36(55)30(22-49)67-42)25-61-16-10-8-13-19-64-43-34(47-28(3)53)40(59)37(56)31(23-50)68-43/h29-43,48-50,54-59H,5-25H2,1-4H3,(H,45,51)(H,46,52)(H,47,53)/t29?,30?,31?,32?,33?,34?,35-,36-,37-,38+,39+,40+,41+,42+,43+,44?/m0/s1. The minimum atomic E-state index is -1.40. The Hall–Kier alpha value is -2.31. The summed E-state index contributed by atoms with van der Waals surface area (Å²) in [4.78, 5) is 35.1. The smallest absolute Gasteiger partial charge is 0.217 e. The van der Waals surface area contributed by atoms with E-state index >= 15 is 0 Å². The number of aliphatic hydroxyl groups excluding tert-OH is 9. The van der Waals surface area contributed by atoms with Crippen LogP contribution in [0.4, 0.5) is 0 Å². The van der Waals surface area contributed by atoms with Gasteiger partial charge in [0.25, 0.3) is 0 Å². The van der Waals surface area contributed by atoms with Crippen molar-refractivity contribution in [2.24, 2.45) is 0 Å². The Morgan fingerprint density at radius 1 is 0.441 bits per heavy atom. The fourth-order valence-corrected chi connectivity index (χ4v) is 7.98. The van der Waals surface area contributed by atoms with Crippen LogP contribution in [0.1, 0.15) is 91.9 Å². The van der Waals surface area contributed by atoms with Crippen LogP contribution in [0.3, 0.4) is 0 Å². The highest BCUT2D eigenvalue weighted by Crippen LogP contribution is 2.26. The zero-order valence-electron chi connectivity index (χ0n) is 39.9. The van der Waals surface area contributed by atoms with E-state index in [-0.39, 0.29) is 33.0 Å². The van der Waals surface area contributed by atoms with Crippen molar-refractivity contribution < 1.29 is 103 Å². The Morgan fingerprint density at radius 2 is 0.721 bits per heavy atom. The topological polar surface area (TPSA) is 352 Å². The third-order valence-electron chi connectivity index (χ3n) is 11.8. The van der Waals surface area contributed by atoms with Crippen LogP contribution < -0.4 is 16.0 Å². The Morgan fingerprint density at radius 3 is 1.01 bits per heavy atom. The minimum Gasteiger partial charge on any atom is -0.394 e. The summed E-state index contributed by atoms with van der Waals surface area (Å²) in [6.07, 6.45) is -7.87. The van der Waals surface area contributed by atoms with Crippen LogP contribution in [-0.4, -0.2) is 234 Å². The molecule has 398 valence electrons. The van der Waals surface area contributed by atoms with E-state index in [1.807, 2.05) is 6.92 Å². The second kappa shape index (κ2) is 31.9. The van der Waals surface area contributed by atoms with Gasteiger partial charge in [-0.25, -0.2) is 0 Å². The molecule has 3 fully saturated rings. The molecule has 68 heavy (non-hydrogen) atoms. The van der Waals surface area contributed by atoms with Gasteiger partial charge in [-0.2, -0.15) is 0 Å². The molecule has 24 nitrogen and oxygen atoms in total. The SMILES string of the molecule is CC(=O)NC1[C@H](OCCCCCCOC(C)(COCCCCCO[C@@H]2OC(CO)[C@H](O)[C@H](O)C2NC(C)=O)COCCCCCO[C@@H]2OC(CO)[C@H](O)[C@H](O)C2NC(C)=O)OC(CO)[C@H](O)[C@@H]1O. The van der Waals surface area contributed by atoms with Crippen LogP contribution in [0.2, 0.25) is 0 Å². The number of aliphatic hydroxyl groups is 9. The molecule has 0 aromatic carbocycles. The maximum absolute atomic E-state index is 11.7. The monoisotopic (exact) mass is 988 g/mol. The Bertz CT molecular complexity index is 1260. The van der Waals surface area contributed by atoms with Gasteiger partial charge in [-0.15, -0.1) is 0 Å². The second-order valence-electron chi connectivity index (χ2n) is 17.9. The lowest BCUT2D eigenvalue weighted by molar-refractivity contribution is -0.270. The predicted octanol–water partition coefficient (Wildman–Crippen LogP) is -3.42. The van der Waals surface area contributed by atoms with Crippen molar-refractivity contribution in [3.05, 3.63) is 0 Å². The van der Waals surface area contributed by atoms with Gasteiger partial charge < -0.3 is 105 Å². The number of hydrogen-bond acceptors (Lipinski definition) is 21. The summed E-state index contributed by atoms with van der Waals surface area (Å²) in [7, 11) is 0. The summed E-state index contributed by atoms with van der Waals surface area (Å²) in [5.41, 5.74) is -0.793. The Labute approximate surface area is 398 Å². The first-order chi connectivity index (χ1) is 32.5. The van der Waals surface area contributed by atoms with E-state index in [1.54, 1.807) is 0 Å². The van der Waals surface area contributed by atoms with Crippen LogP contribution in [0, 0.1) is 0 Å². The van der Waals surface area contributed by atoms with Gasteiger partial charge in [0.2, 0.25) is 17.7 Å². The van der Waals surface area contributed by atoms with E-state index in [0.717, 1.165) is 12.8 Å². The lowest BCUT2D eigenvalue weighted by Crippen LogP contribution is -2.64. The average molecular weight is 988 g/mol. The number of unbranched alkanes of at least 4 members (excludes halogenated alkanes) is 7. The lowest BCUT2D eigenvalue weighted by atomic mass is 9.97. The van der Waals surface area contributed by atoms with Gasteiger partial charge in [-0.05, 0) is 58.3 Å². The van der Waals surface area contributed by atoms with Crippen molar-refractivity contribution in [3.8, 4) is 0 Å². The van der Waals surface area contributed by atoms with Crippen molar-refractivity contribution in [2.45, 2.75) is 189 Å². The third-order valence-corrected chi connectivity index (χ3v) is 11.8. The van der Waals surface area contributed by atoms with Crippen LogP contribution >= 0.6 is 0 Å². The van der Waals surface area contributed by atoms with Crippen molar-refractivity contribution >= 4 is 17.7 Å². The van der Waals surface area contributed by atoms with Gasteiger partial charge in [0, 0.05) is 60.4 Å². The van der Waals surface area contributed by atoms with E-state index in [9.17, 15) is 60.3 Å². The third kappa shape index (κ3) is 20.1. The highest BCUT2D eigenvalue weighted by Gasteiger charge is 2.47. The number of carbonyl (C=O) groups is 3. The highest BCUT2D eigenvalue weighted by atomic mass is 16.7. The van der Waals surface area contributed by atoms with Crippen LogP contribution in [0.15, 0.2) is 0 Å². The first-order valence-corrected chi connectivity index (χ1v) is 23.8. The minimum absolute atomic E-state index is 0.224. The predicted molar refractivity (Wildman–Crippen MR) is 236 cm³/mol. The van der Waals surface area contributed by atoms with E-state index in [1.165, 1.54) is 20.8 Å². The Kier molecular flexibility index (Phi) is 28.1. The first-order valence-electron chi connectivity index (χ1n) is 23.8. The van der Waals surface area contributed by atoms with Crippen molar-refractivity contribution in [1.29, 1.82) is 0 Å². The van der Waals surface area contributed by atoms with Crippen molar-refractivity contribution in [3.63, 3.8) is 0 Å². The molecule has 0 aromatic heterocycles. The molecule has 0 saturated carbocycles. The molecule has 6 unspecified atom stereocenters. The summed E-state index contributed by atoms with van der Waals surface area (Å²) < 4.78 is 52.7. The van der Waals surface area contributed by atoms with Crippen LogP contribution in [0.5, 0.6) is 0 Å². The van der Waals surface area contributed by atoms with Crippen LogP contribution in [-0.2, 0) is 57.0 Å². The average Bonchev–Trinajstić information content (AvgIpc) is 3.29. The molecule has 3 aliphatic rings. The molecule has 0 radical (unpaired) electrons. The largest absolute Gasteiger partial charge is 0.394 e. The molecule has 3 saturated heterocycles. The maximum Gasteiger partial charge on any atom is 0.217 e. The van der Waals surface area contributed by atoms with Gasteiger partial charge in [0.15, 0.2) is 18.9 Å². The first kappa shape index (κ1) is 60.0. The van der Waals surface area contributed by atoms with Gasteiger partial charge in [-0.1, -0.05) is 12.8 Å². The molecule has 3 heterocycles. The number of ether oxygens (including phenoxy) is 9. The second-order valence-corrected chi connectivity index (χ2v) is 17.9. The van der Waals surface area contributed by atoms with E-state index in [0.29, 0.717) is 71.2 Å².